The molecule has 9 heteroatoms. The molecular formula is C13H11ClN6O2. The Morgan fingerprint density at radius 3 is 2.91 bits per heavy atom. The molecule has 0 radical (unpaired) electrons. The molecule has 0 bridgehead atoms. The van der Waals surface area contributed by atoms with Gasteiger partial charge >= 0.3 is 0 Å². The van der Waals surface area contributed by atoms with E-state index in [0.717, 1.165) is 5.56 Å². The van der Waals surface area contributed by atoms with Crippen LogP contribution in [-0.2, 0) is 6.67 Å². The van der Waals surface area contributed by atoms with Crippen LogP contribution >= 0.6 is 11.6 Å². The standard InChI is InChI=1S/C13H11ClN6O2/c1-22-11-2-9(4-15-6-11)12-7-19(18-17-12)8-20-13(21)3-10(14)5-16-20/h2-7H,8H2,1H3. The van der Waals surface area contributed by atoms with Gasteiger partial charge in [-0.05, 0) is 6.07 Å². The lowest BCUT2D eigenvalue weighted by molar-refractivity contribution is 0.413. The van der Waals surface area contributed by atoms with Gasteiger partial charge in [0, 0.05) is 17.8 Å². The maximum Gasteiger partial charge on any atom is 0.270 e. The maximum absolute atomic E-state index is 11.7. The molecule has 3 heterocycles. The van der Waals surface area contributed by atoms with Crippen LogP contribution in [0.15, 0.2) is 41.7 Å². The van der Waals surface area contributed by atoms with E-state index < -0.39 is 0 Å². The molecule has 22 heavy (non-hydrogen) atoms. The lowest BCUT2D eigenvalue weighted by atomic mass is 10.2. The predicted octanol–water partition coefficient (Wildman–Crippen LogP) is 1.06. The van der Waals surface area contributed by atoms with E-state index in [0.29, 0.717) is 16.5 Å². The van der Waals surface area contributed by atoms with Crippen molar-refractivity contribution in [2.24, 2.45) is 0 Å². The number of methoxy groups -OCH3 is 1. The number of rotatable bonds is 4. The molecule has 3 aromatic rings. The van der Waals surface area contributed by atoms with E-state index in [1.165, 1.54) is 21.6 Å². The summed E-state index contributed by atoms with van der Waals surface area (Å²) in [4.78, 5) is 15.8. The monoisotopic (exact) mass is 318 g/mol. The lowest BCUT2D eigenvalue weighted by Gasteiger charge is -2.03. The third kappa shape index (κ3) is 2.96. The molecule has 3 aromatic heterocycles. The van der Waals surface area contributed by atoms with E-state index in [1.807, 2.05) is 0 Å². The first-order valence-electron chi connectivity index (χ1n) is 6.28. The van der Waals surface area contributed by atoms with E-state index in [4.69, 9.17) is 16.3 Å². The summed E-state index contributed by atoms with van der Waals surface area (Å²) in [5, 5.41) is 12.3. The average Bonchev–Trinajstić information content (AvgIpc) is 2.99. The van der Waals surface area contributed by atoms with Crippen molar-refractivity contribution in [1.82, 2.24) is 29.8 Å². The molecule has 3 rings (SSSR count). The van der Waals surface area contributed by atoms with Crippen molar-refractivity contribution in [3.63, 3.8) is 0 Å². The third-order valence-electron chi connectivity index (χ3n) is 2.90. The van der Waals surface area contributed by atoms with Gasteiger partial charge < -0.3 is 4.74 Å². The Hall–Kier alpha value is -2.74. The first-order chi connectivity index (χ1) is 10.7. The van der Waals surface area contributed by atoms with Crippen LogP contribution in [-0.4, -0.2) is 36.9 Å². The molecule has 0 amide bonds. The zero-order valence-corrected chi connectivity index (χ0v) is 12.3. The zero-order valence-electron chi connectivity index (χ0n) is 11.5. The highest BCUT2D eigenvalue weighted by Crippen LogP contribution is 2.19. The number of hydrogen-bond acceptors (Lipinski definition) is 6. The van der Waals surface area contributed by atoms with Gasteiger partial charge in [0.05, 0.1) is 30.7 Å². The smallest absolute Gasteiger partial charge is 0.270 e. The topological polar surface area (TPSA) is 87.7 Å². The summed E-state index contributed by atoms with van der Waals surface area (Å²) in [7, 11) is 1.57. The minimum atomic E-state index is -0.312. The Morgan fingerprint density at radius 1 is 1.27 bits per heavy atom. The average molecular weight is 319 g/mol. The van der Waals surface area contributed by atoms with Crippen molar-refractivity contribution < 1.29 is 4.74 Å². The minimum Gasteiger partial charge on any atom is -0.495 e. The highest BCUT2D eigenvalue weighted by Gasteiger charge is 2.07. The quantitative estimate of drug-likeness (QED) is 0.715. The van der Waals surface area contributed by atoms with Crippen molar-refractivity contribution in [1.29, 1.82) is 0 Å². The van der Waals surface area contributed by atoms with Gasteiger partial charge in [0.2, 0.25) is 0 Å². The van der Waals surface area contributed by atoms with Crippen molar-refractivity contribution in [3.8, 4) is 17.0 Å². The molecule has 0 N–H and O–H groups in total. The van der Waals surface area contributed by atoms with Gasteiger partial charge in [-0.2, -0.15) is 5.10 Å². The lowest BCUT2D eigenvalue weighted by Crippen LogP contribution is -2.25. The largest absolute Gasteiger partial charge is 0.495 e. The van der Waals surface area contributed by atoms with Gasteiger partial charge in [-0.3, -0.25) is 9.78 Å². The summed E-state index contributed by atoms with van der Waals surface area (Å²) >= 11 is 5.70. The van der Waals surface area contributed by atoms with E-state index in [2.05, 4.69) is 20.4 Å². The fraction of sp³-hybridized carbons (Fsp3) is 0.154. The number of aromatic nitrogens is 6. The second kappa shape index (κ2) is 5.94. The van der Waals surface area contributed by atoms with Crippen LogP contribution in [0.4, 0.5) is 0 Å². The van der Waals surface area contributed by atoms with Crippen LogP contribution < -0.4 is 10.3 Å². The van der Waals surface area contributed by atoms with Gasteiger partial charge in [0.15, 0.2) is 0 Å². The Bertz CT molecular complexity index is 859. The molecule has 0 aliphatic carbocycles. The molecule has 0 aromatic carbocycles. The molecule has 0 atom stereocenters. The number of ether oxygens (including phenoxy) is 1. The summed E-state index contributed by atoms with van der Waals surface area (Å²) in [6.07, 6.45) is 6.35. The maximum atomic E-state index is 11.7. The fourth-order valence-electron chi connectivity index (χ4n) is 1.83. The highest BCUT2D eigenvalue weighted by molar-refractivity contribution is 6.30. The minimum absolute atomic E-state index is 0.139. The second-order valence-corrected chi connectivity index (χ2v) is 4.85. The SMILES string of the molecule is COc1cncc(-c2cn(Cn3ncc(Cl)cc3=O)nn2)c1. The molecule has 0 spiro atoms. The first kappa shape index (κ1) is 14.2. The third-order valence-corrected chi connectivity index (χ3v) is 3.11. The zero-order chi connectivity index (χ0) is 15.5. The van der Waals surface area contributed by atoms with Crippen molar-refractivity contribution in [2.75, 3.05) is 7.11 Å². The van der Waals surface area contributed by atoms with Crippen LogP contribution in [0.3, 0.4) is 0 Å². The van der Waals surface area contributed by atoms with Gasteiger partial charge in [-0.15, -0.1) is 5.10 Å². The molecule has 0 saturated carbocycles. The number of nitrogens with zero attached hydrogens (tertiary/aromatic N) is 6. The molecule has 0 fully saturated rings. The molecule has 0 unspecified atom stereocenters. The van der Waals surface area contributed by atoms with E-state index in [9.17, 15) is 4.79 Å². The van der Waals surface area contributed by atoms with Crippen LogP contribution in [0.2, 0.25) is 5.02 Å². The Balaban J connectivity index is 1.85. The van der Waals surface area contributed by atoms with Crippen molar-refractivity contribution >= 4 is 11.6 Å². The van der Waals surface area contributed by atoms with Crippen LogP contribution in [0.25, 0.3) is 11.3 Å². The first-order valence-corrected chi connectivity index (χ1v) is 6.66. The van der Waals surface area contributed by atoms with E-state index >= 15 is 0 Å². The number of halogens is 1. The van der Waals surface area contributed by atoms with Crippen molar-refractivity contribution in [3.05, 3.63) is 52.3 Å². The van der Waals surface area contributed by atoms with Crippen LogP contribution in [0.5, 0.6) is 5.75 Å². The molecule has 0 aliphatic heterocycles. The normalized spacial score (nSPS) is 10.6. The van der Waals surface area contributed by atoms with Crippen LogP contribution in [0, 0.1) is 0 Å². The van der Waals surface area contributed by atoms with Crippen molar-refractivity contribution in [2.45, 2.75) is 6.67 Å². The predicted molar refractivity (Wildman–Crippen MR) is 78.7 cm³/mol. The summed E-state index contributed by atoms with van der Waals surface area (Å²) < 4.78 is 7.85. The number of pyridine rings is 1. The fourth-order valence-corrected chi connectivity index (χ4v) is 1.96. The summed E-state index contributed by atoms with van der Waals surface area (Å²) in [6, 6.07) is 3.09. The van der Waals surface area contributed by atoms with Gasteiger partial charge in [-0.1, -0.05) is 16.8 Å². The Labute approximate surface area is 129 Å². The van der Waals surface area contributed by atoms with Gasteiger partial charge in [-0.25, -0.2) is 9.36 Å². The second-order valence-electron chi connectivity index (χ2n) is 4.41. The molecule has 8 nitrogen and oxygen atoms in total. The Morgan fingerprint density at radius 2 is 2.14 bits per heavy atom. The van der Waals surface area contributed by atoms with E-state index in [1.54, 1.807) is 31.8 Å². The molecule has 0 saturated heterocycles. The molecule has 112 valence electrons. The summed E-state index contributed by atoms with van der Waals surface area (Å²) in [6.45, 7) is 0.139. The van der Waals surface area contributed by atoms with Gasteiger partial charge in [0.1, 0.15) is 18.1 Å². The van der Waals surface area contributed by atoms with E-state index in [-0.39, 0.29) is 12.2 Å². The number of hydrogen-bond donors (Lipinski definition) is 0. The van der Waals surface area contributed by atoms with Crippen LogP contribution in [0.1, 0.15) is 0 Å². The molecule has 0 aliphatic rings. The molecular weight excluding hydrogens is 308 g/mol. The highest BCUT2D eigenvalue weighted by atomic mass is 35.5. The summed E-state index contributed by atoms with van der Waals surface area (Å²) in [5.74, 6) is 0.627. The summed E-state index contributed by atoms with van der Waals surface area (Å²) in [5.41, 5.74) is 1.07. The Kier molecular flexibility index (Phi) is 3.84. The van der Waals surface area contributed by atoms with Gasteiger partial charge in [0.25, 0.3) is 5.56 Å².